The van der Waals surface area contributed by atoms with Gasteiger partial charge < -0.3 is 17.2 Å². The third-order valence-electron chi connectivity index (χ3n) is 1.84. The number of primary amides is 1. The first-order valence-corrected chi connectivity index (χ1v) is 4.07. The van der Waals surface area contributed by atoms with Crippen LogP contribution in [0, 0.1) is 0 Å². The second kappa shape index (κ2) is 3.05. The number of nitrogens with two attached hydrogens (primary N) is 3. The number of aromatic nitrogens is 3. The third kappa shape index (κ3) is 1.50. The Morgan fingerprint density at radius 2 is 1.87 bits per heavy atom. The summed E-state index contributed by atoms with van der Waals surface area (Å²) in [5.41, 5.74) is 17.0. The highest BCUT2D eigenvalue weighted by Crippen LogP contribution is 2.16. The molecule has 0 saturated heterocycles. The molecule has 0 aliphatic heterocycles. The minimum absolute atomic E-state index is 0.0635. The lowest BCUT2D eigenvalue weighted by atomic mass is 10.3. The molecular weight excluding hydrogens is 196 g/mol. The van der Waals surface area contributed by atoms with Gasteiger partial charge in [0, 0.05) is 0 Å². The van der Waals surface area contributed by atoms with Crippen molar-refractivity contribution < 1.29 is 4.79 Å². The molecule has 2 aromatic heterocycles. The molecule has 0 spiro atoms. The predicted molar refractivity (Wildman–Crippen MR) is 54.7 cm³/mol. The van der Waals surface area contributed by atoms with Crippen LogP contribution in [0.2, 0.25) is 0 Å². The van der Waals surface area contributed by atoms with Gasteiger partial charge in [-0.2, -0.15) is 4.98 Å². The number of amides is 1. The fraction of sp³-hybridized carbons (Fsp3) is 0. The van der Waals surface area contributed by atoms with E-state index in [2.05, 4.69) is 15.0 Å². The Morgan fingerprint density at radius 3 is 2.53 bits per heavy atom. The van der Waals surface area contributed by atoms with Gasteiger partial charge >= 0.3 is 0 Å². The van der Waals surface area contributed by atoms with Crippen LogP contribution in [0.1, 0.15) is 10.5 Å². The lowest BCUT2D eigenvalue weighted by Gasteiger charge is -2.02. The van der Waals surface area contributed by atoms with Crippen molar-refractivity contribution in [3.63, 3.8) is 0 Å². The second-order valence-corrected chi connectivity index (χ2v) is 2.90. The Hall–Kier alpha value is -2.44. The number of nitrogen functional groups attached to an aromatic ring is 2. The van der Waals surface area contributed by atoms with E-state index in [1.54, 1.807) is 6.07 Å². The van der Waals surface area contributed by atoms with Gasteiger partial charge in [0.1, 0.15) is 11.2 Å². The summed E-state index contributed by atoms with van der Waals surface area (Å²) in [4.78, 5) is 22.5. The zero-order valence-electron chi connectivity index (χ0n) is 7.64. The molecule has 1 amide bonds. The topological polar surface area (TPSA) is 134 Å². The summed E-state index contributed by atoms with van der Waals surface area (Å²) in [7, 11) is 0. The molecule has 0 aromatic carbocycles. The molecule has 15 heavy (non-hydrogen) atoms. The number of hydrogen-bond acceptors (Lipinski definition) is 6. The lowest BCUT2D eigenvalue weighted by Crippen LogP contribution is -2.13. The van der Waals surface area contributed by atoms with Gasteiger partial charge in [0.2, 0.25) is 5.95 Å². The van der Waals surface area contributed by atoms with Gasteiger partial charge in [-0.05, 0) is 12.1 Å². The standard InChI is InChI=1S/C8H8N6O/c9-6-5-3(13-8(11)14-6)1-2-4(12-5)7(10)15/h1-2H,(H2,10,15)(H4,9,11,13,14). The molecule has 2 rings (SSSR count). The molecule has 7 heteroatoms. The summed E-state index contributed by atoms with van der Waals surface area (Å²) < 4.78 is 0. The maximum absolute atomic E-state index is 10.9. The highest BCUT2D eigenvalue weighted by molar-refractivity contribution is 5.94. The van der Waals surface area contributed by atoms with E-state index < -0.39 is 5.91 Å². The van der Waals surface area contributed by atoms with E-state index in [-0.39, 0.29) is 17.5 Å². The average molecular weight is 204 g/mol. The number of hydrogen-bond donors (Lipinski definition) is 3. The number of carbonyl (C=O) groups is 1. The smallest absolute Gasteiger partial charge is 0.267 e. The van der Waals surface area contributed by atoms with Crippen LogP contribution < -0.4 is 17.2 Å². The van der Waals surface area contributed by atoms with Crippen molar-refractivity contribution in [2.75, 3.05) is 11.5 Å². The summed E-state index contributed by atoms with van der Waals surface area (Å²) in [6.07, 6.45) is 0. The SMILES string of the molecule is NC(=O)c1ccc2nc(N)nc(N)c2n1. The van der Waals surface area contributed by atoms with Crippen molar-refractivity contribution >= 4 is 28.7 Å². The lowest BCUT2D eigenvalue weighted by molar-refractivity contribution is 0.0996. The summed E-state index contributed by atoms with van der Waals surface area (Å²) in [5, 5.41) is 0. The van der Waals surface area contributed by atoms with E-state index in [1.807, 2.05) is 0 Å². The Kier molecular flexibility index (Phi) is 1.86. The first kappa shape index (κ1) is 9.13. The molecule has 0 saturated carbocycles. The Morgan fingerprint density at radius 1 is 1.13 bits per heavy atom. The highest BCUT2D eigenvalue weighted by Gasteiger charge is 2.08. The molecular formula is C8H8N6O. The van der Waals surface area contributed by atoms with Crippen LogP contribution in [0.3, 0.4) is 0 Å². The van der Waals surface area contributed by atoms with Crippen molar-refractivity contribution in [3.05, 3.63) is 17.8 Å². The van der Waals surface area contributed by atoms with Crippen LogP contribution in [0.15, 0.2) is 12.1 Å². The van der Waals surface area contributed by atoms with E-state index in [0.29, 0.717) is 11.0 Å². The van der Waals surface area contributed by atoms with Crippen molar-refractivity contribution in [2.45, 2.75) is 0 Å². The molecule has 0 unspecified atom stereocenters. The number of nitrogens with zero attached hydrogens (tertiary/aromatic N) is 3. The quantitative estimate of drug-likeness (QED) is 0.561. The zero-order chi connectivity index (χ0) is 11.0. The van der Waals surface area contributed by atoms with Gasteiger partial charge in [-0.3, -0.25) is 4.79 Å². The highest BCUT2D eigenvalue weighted by atomic mass is 16.1. The maximum atomic E-state index is 10.9. The molecule has 0 fully saturated rings. The zero-order valence-corrected chi connectivity index (χ0v) is 7.64. The van der Waals surface area contributed by atoms with E-state index in [1.165, 1.54) is 6.07 Å². The van der Waals surface area contributed by atoms with E-state index in [0.717, 1.165) is 0 Å². The molecule has 76 valence electrons. The Bertz CT molecular complexity index is 552. The van der Waals surface area contributed by atoms with E-state index in [9.17, 15) is 4.79 Å². The number of fused-ring (bicyclic) bond motifs is 1. The number of pyridine rings is 1. The number of carbonyl (C=O) groups excluding carboxylic acids is 1. The van der Waals surface area contributed by atoms with Gasteiger partial charge in [0.25, 0.3) is 5.91 Å². The van der Waals surface area contributed by atoms with E-state index >= 15 is 0 Å². The maximum Gasteiger partial charge on any atom is 0.267 e. The summed E-state index contributed by atoms with van der Waals surface area (Å²) >= 11 is 0. The van der Waals surface area contributed by atoms with Crippen molar-refractivity contribution in [1.82, 2.24) is 15.0 Å². The van der Waals surface area contributed by atoms with Crippen molar-refractivity contribution in [3.8, 4) is 0 Å². The van der Waals surface area contributed by atoms with Crippen LogP contribution in [0.5, 0.6) is 0 Å². The molecule has 2 heterocycles. The first-order chi connectivity index (χ1) is 7.08. The fourth-order valence-corrected chi connectivity index (χ4v) is 1.19. The Labute approximate surface area is 84.3 Å². The van der Waals surface area contributed by atoms with Crippen molar-refractivity contribution in [2.24, 2.45) is 5.73 Å². The van der Waals surface area contributed by atoms with Crippen LogP contribution >= 0.6 is 0 Å². The predicted octanol–water partition coefficient (Wildman–Crippen LogP) is -0.712. The van der Waals surface area contributed by atoms with Crippen LogP contribution in [0.4, 0.5) is 11.8 Å². The molecule has 0 radical (unpaired) electrons. The van der Waals surface area contributed by atoms with Gasteiger partial charge in [-0.25, -0.2) is 9.97 Å². The van der Waals surface area contributed by atoms with Crippen LogP contribution in [-0.4, -0.2) is 20.9 Å². The molecule has 0 bridgehead atoms. The summed E-state index contributed by atoms with van der Waals surface area (Å²) in [5.74, 6) is -0.442. The normalized spacial score (nSPS) is 10.4. The van der Waals surface area contributed by atoms with Gasteiger partial charge in [0.05, 0.1) is 5.52 Å². The summed E-state index contributed by atoms with van der Waals surface area (Å²) in [6, 6.07) is 3.02. The molecule has 0 atom stereocenters. The third-order valence-corrected chi connectivity index (χ3v) is 1.84. The Balaban J connectivity index is 2.76. The largest absolute Gasteiger partial charge is 0.382 e. The van der Waals surface area contributed by atoms with Crippen LogP contribution in [0.25, 0.3) is 11.0 Å². The summed E-state index contributed by atoms with van der Waals surface area (Å²) in [6.45, 7) is 0. The minimum Gasteiger partial charge on any atom is -0.382 e. The molecule has 0 aliphatic carbocycles. The average Bonchev–Trinajstić information content (AvgIpc) is 2.16. The van der Waals surface area contributed by atoms with Crippen LogP contribution in [-0.2, 0) is 0 Å². The molecule has 6 N–H and O–H groups in total. The minimum atomic E-state index is -0.631. The first-order valence-electron chi connectivity index (χ1n) is 4.07. The van der Waals surface area contributed by atoms with Gasteiger partial charge in [0.15, 0.2) is 5.82 Å². The molecule has 0 aliphatic rings. The van der Waals surface area contributed by atoms with Gasteiger partial charge in [-0.15, -0.1) is 0 Å². The van der Waals surface area contributed by atoms with Crippen molar-refractivity contribution in [1.29, 1.82) is 0 Å². The molecule has 2 aromatic rings. The second-order valence-electron chi connectivity index (χ2n) is 2.90. The van der Waals surface area contributed by atoms with Gasteiger partial charge in [-0.1, -0.05) is 0 Å². The monoisotopic (exact) mass is 204 g/mol. The molecule has 7 nitrogen and oxygen atoms in total. The fourth-order valence-electron chi connectivity index (χ4n) is 1.19. The number of rotatable bonds is 1. The number of anilines is 2. The van der Waals surface area contributed by atoms with E-state index in [4.69, 9.17) is 17.2 Å².